The standard InChI is InChI=1S/C22H22F3N3O4/c23-22(24,25)16-6-2-1-5-15(16)19(29)26-10-12-27(13-11-26)20(30)17-7-3-9-28(17)21(31)18-8-4-14-32-18/h1-2,4-6,8,14,17H,3,7,9-13H2. The third-order valence-electron chi connectivity index (χ3n) is 5.87. The van der Waals surface area contributed by atoms with E-state index in [1.807, 2.05) is 0 Å². The molecule has 2 aliphatic heterocycles. The Morgan fingerprint density at radius 3 is 2.22 bits per heavy atom. The lowest BCUT2D eigenvalue weighted by molar-refractivity contribution is -0.138. The van der Waals surface area contributed by atoms with Gasteiger partial charge in [0.15, 0.2) is 5.76 Å². The zero-order chi connectivity index (χ0) is 22.9. The first kappa shape index (κ1) is 21.9. The maximum absolute atomic E-state index is 13.3. The van der Waals surface area contributed by atoms with Crippen molar-refractivity contribution in [1.29, 1.82) is 0 Å². The number of carbonyl (C=O) groups is 3. The van der Waals surface area contributed by atoms with E-state index in [0.29, 0.717) is 19.4 Å². The van der Waals surface area contributed by atoms with Crippen LogP contribution < -0.4 is 0 Å². The molecule has 0 spiro atoms. The van der Waals surface area contributed by atoms with Crippen LogP contribution in [0.5, 0.6) is 0 Å². The number of carbonyl (C=O) groups excluding carboxylic acids is 3. The van der Waals surface area contributed by atoms with Crippen molar-refractivity contribution in [3.63, 3.8) is 0 Å². The molecule has 2 saturated heterocycles. The molecule has 1 unspecified atom stereocenters. The second-order valence-corrected chi connectivity index (χ2v) is 7.79. The highest BCUT2D eigenvalue weighted by atomic mass is 19.4. The van der Waals surface area contributed by atoms with Gasteiger partial charge in [-0.3, -0.25) is 14.4 Å². The summed E-state index contributed by atoms with van der Waals surface area (Å²) in [5, 5.41) is 0. The van der Waals surface area contributed by atoms with Crippen molar-refractivity contribution >= 4 is 17.7 Å². The van der Waals surface area contributed by atoms with Crippen LogP contribution in [0.3, 0.4) is 0 Å². The van der Waals surface area contributed by atoms with Gasteiger partial charge in [0.2, 0.25) is 5.91 Å². The Bertz CT molecular complexity index is 998. The quantitative estimate of drug-likeness (QED) is 0.723. The van der Waals surface area contributed by atoms with Crippen molar-refractivity contribution < 1.29 is 32.0 Å². The van der Waals surface area contributed by atoms with Crippen LogP contribution >= 0.6 is 0 Å². The van der Waals surface area contributed by atoms with E-state index in [0.717, 1.165) is 6.07 Å². The first-order valence-electron chi connectivity index (χ1n) is 10.4. The van der Waals surface area contributed by atoms with E-state index in [9.17, 15) is 27.6 Å². The number of rotatable bonds is 3. The van der Waals surface area contributed by atoms with Gasteiger partial charge < -0.3 is 19.1 Å². The average Bonchev–Trinajstić information content (AvgIpc) is 3.49. The van der Waals surface area contributed by atoms with Crippen LogP contribution in [0.15, 0.2) is 47.1 Å². The maximum Gasteiger partial charge on any atom is 0.417 e. The van der Waals surface area contributed by atoms with E-state index in [-0.39, 0.29) is 43.8 Å². The van der Waals surface area contributed by atoms with Gasteiger partial charge in [0.25, 0.3) is 11.8 Å². The molecule has 2 aliphatic rings. The number of amides is 3. The summed E-state index contributed by atoms with van der Waals surface area (Å²) < 4.78 is 44.9. The number of benzene rings is 1. The summed E-state index contributed by atoms with van der Waals surface area (Å²) in [5.74, 6) is -1.10. The lowest BCUT2D eigenvalue weighted by atomic mass is 10.1. The third-order valence-corrected chi connectivity index (χ3v) is 5.87. The number of hydrogen-bond donors (Lipinski definition) is 0. The van der Waals surface area contributed by atoms with E-state index in [1.54, 1.807) is 17.0 Å². The van der Waals surface area contributed by atoms with E-state index in [2.05, 4.69) is 0 Å². The highest BCUT2D eigenvalue weighted by Gasteiger charge is 2.40. The lowest BCUT2D eigenvalue weighted by Gasteiger charge is -2.37. The molecule has 1 aromatic carbocycles. The molecule has 2 aromatic rings. The molecule has 7 nitrogen and oxygen atoms in total. The molecule has 4 rings (SSSR count). The van der Waals surface area contributed by atoms with Gasteiger partial charge >= 0.3 is 6.18 Å². The van der Waals surface area contributed by atoms with Crippen LogP contribution in [-0.2, 0) is 11.0 Å². The van der Waals surface area contributed by atoms with Crippen LogP contribution in [0, 0.1) is 0 Å². The molecule has 3 heterocycles. The molecule has 1 aromatic heterocycles. The van der Waals surface area contributed by atoms with Gasteiger partial charge in [0.1, 0.15) is 6.04 Å². The number of piperazine rings is 1. The minimum absolute atomic E-state index is 0.121. The number of nitrogens with zero attached hydrogens (tertiary/aromatic N) is 3. The summed E-state index contributed by atoms with van der Waals surface area (Å²) in [6.45, 7) is 1.07. The van der Waals surface area contributed by atoms with Gasteiger partial charge in [-0.2, -0.15) is 13.2 Å². The Kier molecular flexibility index (Phi) is 5.94. The summed E-state index contributed by atoms with van der Waals surface area (Å²) in [6.07, 6.45) is -2.01. The lowest BCUT2D eigenvalue weighted by Crippen LogP contribution is -2.55. The Hall–Kier alpha value is -3.30. The number of halogens is 3. The number of alkyl halides is 3. The smallest absolute Gasteiger partial charge is 0.417 e. The minimum atomic E-state index is -4.63. The van der Waals surface area contributed by atoms with E-state index < -0.39 is 29.3 Å². The Morgan fingerprint density at radius 2 is 1.56 bits per heavy atom. The number of hydrogen-bond acceptors (Lipinski definition) is 4. The third kappa shape index (κ3) is 4.21. The van der Waals surface area contributed by atoms with Crippen LogP contribution in [-0.4, -0.2) is 71.2 Å². The van der Waals surface area contributed by atoms with Crippen molar-refractivity contribution in [1.82, 2.24) is 14.7 Å². The maximum atomic E-state index is 13.3. The topological polar surface area (TPSA) is 74.1 Å². The number of furan rings is 1. The van der Waals surface area contributed by atoms with Crippen molar-refractivity contribution in [2.24, 2.45) is 0 Å². The van der Waals surface area contributed by atoms with Crippen LogP contribution in [0.1, 0.15) is 39.3 Å². The Labute approximate surface area is 182 Å². The monoisotopic (exact) mass is 449 g/mol. The molecule has 0 aliphatic carbocycles. The van der Waals surface area contributed by atoms with E-state index >= 15 is 0 Å². The van der Waals surface area contributed by atoms with Crippen molar-refractivity contribution in [3.8, 4) is 0 Å². The molecular formula is C22H22F3N3O4. The average molecular weight is 449 g/mol. The van der Waals surface area contributed by atoms with E-state index in [1.165, 1.54) is 34.3 Å². The minimum Gasteiger partial charge on any atom is -0.459 e. The fourth-order valence-electron chi connectivity index (χ4n) is 4.24. The van der Waals surface area contributed by atoms with Crippen molar-refractivity contribution in [3.05, 3.63) is 59.5 Å². The molecule has 0 radical (unpaired) electrons. The molecule has 0 saturated carbocycles. The van der Waals surface area contributed by atoms with Gasteiger partial charge in [-0.1, -0.05) is 12.1 Å². The molecule has 1 atom stereocenters. The zero-order valence-corrected chi connectivity index (χ0v) is 17.2. The van der Waals surface area contributed by atoms with Crippen molar-refractivity contribution in [2.45, 2.75) is 25.1 Å². The predicted octanol–water partition coefficient (Wildman–Crippen LogP) is 2.89. The molecule has 3 amide bonds. The highest BCUT2D eigenvalue weighted by Crippen LogP contribution is 2.32. The molecule has 0 N–H and O–H groups in total. The van der Waals surface area contributed by atoms with Gasteiger partial charge in [-0.25, -0.2) is 0 Å². The molecule has 10 heteroatoms. The molecular weight excluding hydrogens is 427 g/mol. The molecule has 170 valence electrons. The summed E-state index contributed by atoms with van der Waals surface area (Å²) in [4.78, 5) is 42.8. The first-order valence-corrected chi connectivity index (χ1v) is 10.4. The van der Waals surface area contributed by atoms with Gasteiger partial charge in [0, 0.05) is 32.7 Å². The molecule has 32 heavy (non-hydrogen) atoms. The second-order valence-electron chi connectivity index (χ2n) is 7.79. The molecule has 0 bridgehead atoms. The summed E-state index contributed by atoms with van der Waals surface area (Å²) in [6, 6.07) is 7.23. The summed E-state index contributed by atoms with van der Waals surface area (Å²) >= 11 is 0. The zero-order valence-electron chi connectivity index (χ0n) is 17.2. The predicted molar refractivity (Wildman–Crippen MR) is 107 cm³/mol. The number of likely N-dealkylation sites (tertiary alicyclic amines) is 1. The Morgan fingerprint density at radius 1 is 0.875 bits per heavy atom. The van der Waals surface area contributed by atoms with Crippen LogP contribution in [0.25, 0.3) is 0 Å². The van der Waals surface area contributed by atoms with E-state index in [4.69, 9.17) is 4.42 Å². The van der Waals surface area contributed by atoms with Crippen molar-refractivity contribution in [2.75, 3.05) is 32.7 Å². The van der Waals surface area contributed by atoms with Gasteiger partial charge in [-0.05, 0) is 37.1 Å². The first-order chi connectivity index (χ1) is 15.3. The summed E-state index contributed by atoms with van der Waals surface area (Å²) in [7, 11) is 0. The molecule has 2 fully saturated rings. The fourth-order valence-corrected chi connectivity index (χ4v) is 4.24. The normalized spacial score (nSPS) is 19.3. The van der Waals surface area contributed by atoms with Crippen LogP contribution in [0.2, 0.25) is 0 Å². The van der Waals surface area contributed by atoms with Crippen LogP contribution in [0.4, 0.5) is 13.2 Å². The fraction of sp³-hybridized carbons (Fsp3) is 0.409. The summed E-state index contributed by atoms with van der Waals surface area (Å²) in [5.41, 5.74) is -1.37. The largest absolute Gasteiger partial charge is 0.459 e. The van der Waals surface area contributed by atoms with Gasteiger partial charge in [-0.15, -0.1) is 0 Å². The Balaban J connectivity index is 1.40. The highest BCUT2D eigenvalue weighted by molar-refractivity contribution is 5.97. The SMILES string of the molecule is O=C(c1ccccc1C(F)(F)F)N1CCN(C(=O)C2CCCN2C(=O)c2ccco2)CC1. The van der Waals surface area contributed by atoms with Gasteiger partial charge in [0.05, 0.1) is 17.4 Å². The second kappa shape index (κ2) is 8.68.